The van der Waals surface area contributed by atoms with Gasteiger partial charge in [0.1, 0.15) is 6.61 Å². The Morgan fingerprint density at radius 1 is 1.27 bits per heavy atom. The Morgan fingerprint density at radius 2 is 1.87 bits per heavy atom. The first-order valence-electron chi connectivity index (χ1n) is 4.81. The summed E-state index contributed by atoms with van der Waals surface area (Å²) in [6, 6.07) is 0.317. The molecule has 2 nitrogen and oxygen atoms in total. The van der Waals surface area contributed by atoms with Crippen LogP contribution >= 0.6 is 15.9 Å². The predicted octanol–water partition coefficient (Wildman–Crippen LogP) is 2.67. The summed E-state index contributed by atoms with van der Waals surface area (Å²) in [5, 5.41) is 0.810. The van der Waals surface area contributed by atoms with Gasteiger partial charge in [-0.05, 0) is 13.8 Å². The van der Waals surface area contributed by atoms with Gasteiger partial charge in [0, 0.05) is 24.5 Å². The van der Waals surface area contributed by atoms with Gasteiger partial charge >= 0.3 is 6.18 Å². The number of alkyl halides is 4. The van der Waals surface area contributed by atoms with Gasteiger partial charge in [0.15, 0.2) is 0 Å². The number of rotatable bonds is 7. The highest BCUT2D eigenvalue weighted by molar-refractivity contribution is 9.09. The van der Waals surface area contributed by atoms with Gasteiger partial charge in [-0.25, -0.2) is 0 Å². The summed E-state index contributed by atoms with van der Waals surface area (Å²) in [6.45, 7) is 4.31. The molecule has 92 valence electrons. The van der Waals surface area contributed by atoms with E-state index >= 15 is 0 Å². The summed E-state index contributed by atoms with van der Waals surface area (Å²) in [6.07, 6.45) is -4.22. The molecule has 0 bridgehead atoms. The highest BCUT2D eigenvalue weighted by atomic mass is 79.9. The molecule has 0 rings (SSSR count). The van der Waals surface area contributed by atoms with E-state index in [4.69, 9.17) is 0 Å². The molecule has 0 spiro atoms. The summed E-state index contributed by atoms with van der Waals surface area (Å²) >= 11 is 3.30. The van der Waals surface area contributed by atoms with E-state index in [1.165, 1.54) is 0 Å². The molecule has 0 aromatic rings. The van der Waals surface area contributed by atoms with E-state index in [1.54, 1.807) is 0 Å². The Hall–Kier alpha value is 0.190. The first kappa shape index (κ1) is 15.2. The van der Waals surface area contributed by atoms with Crippen LogP contribution in [0.4, 0.5) is 13.2 Å². The number of nitrogens with zero attached hydrogens (tertiary/aromatic N) is 1. The SMILES string of the molecule is CC(C)N(CCBr)CCOCC(F)(F)F. The van der Waals surface area contributed by atoms with Crippen molar-refractivity contribution in [3.8, 4) is 0 Å². The number of hydrogen-bond donors (Lipinski definition) is 0. The molecule has 0 saturated carbocycles. The van der Waals surface area contributed by atoms with Crippen LogP contribution in [0.3, 0.4) is 0 Å². The number of hydrogen-bond acceptors (Lipinski definition) is 2. The van der Waals surface area contributed by atoms with Gasteiger partial charge in [-0.2, -0.15) is 13.2 Å². The molecule has 0 heterocycles. The maximum Gasteiger partial charge on any atom is 0.411 e. The van der Waals surface area contributed by atoms with Gasteiger partial charge in [-0.3, -0.25) is 4.90 Å². The molecule has 0 aromatic carbocycles. The van der Waals surface area contributed by atoms with Gasteiger partial charge in [0.2, 0.25) is 0 Å². The Balaban J connectivity index is 3.62. The van der Waals surface area contributed by atoms with E-state index in [9.17, 15) is 13.2 Å². The van der Waals surface area contributed by atoms with Gasteiger partial charge in [0.05, 0.1) is 6.61 Å². The minimum Gasteiger partial charge on any atom is -0.371 e. The molecule has 0 fully saturated rings. The van der Waals surface area contributed by atoms with Crippen LogP contribution in [0.15, 0.2) is 0 Å². The number of ether oxygens (including phenoxy) is 1. The monoisotopic (exact) mass is 291 g/mol. The summed E-state index contributed by atoms with van der Waals surface area (Å²) < 4.78 is 39.8. The molecular weight excluding hydrogens is 275 g/mol. The second-order valence-electron chi connectivity index (χ2n) is 3.49. The zero-order valence-corrected chi connectivity index (χ0v) is 10.6. The molecule has 0 aliphatic rings. The summed E-state index contributed by atoms with van der Waals surface area (Å²) in [5.41, 5.74) is 0. The lowest BCUT2D eigenvalue weighted by Gasteiger charge is -2.25. The number of halogens is 4. The first-order valence-corrected chi connectivity index (χ1v) is 5.93. The molecule has 0 radical (unpaired) electrons. The van der Waals surface area contributed by atoms with Crippen LogP contribution in [0.2, 0.25) is 0 Å². The van der Waals surface area contributed by atoms with Crippen LogP contribution in [-0.4, -0.2) is 48.8 Å². The highest BCUT2D eigenvalue weighted by Gasteiger charge is 2.27. The van der Waals surface area contributed by atoms with Crippen molar-refractivity contribution in [1.29, 1.82) is 0 Å². The molecular formula is C9H17BrF3NO. The third kappa shape index (κ3) is 9.14. The smallest absolute Gasteiger partial charge is 0.371 e. The summed E-state index contributed by atoms with van der Waals surface area (Å²) in [7, 11) is 0. The molecule has 0 aliphatic carbocycles. The second-order valence-corrected chi connectivity index (χ2v) is 4.28. The zero-order valence-electron chi connectivity index (χ0n) is 8.98. The van der Waals surface area contributed by atoms with Crippen molar-refractivity contribution in [3.63, 3.8) is 0 Å². The Kier molecular flexibility index (Phi) is 7.56. The van der Waals surface area contributed by atoms with E-state index < -0.39 is 12.8 Å². The third-order valence-electron chi connectivity index (χ3n) is 1.89. The molecule has 0 unspecified atom stereocenters. The zero-order chi connectivity index (χ0) is 11.9. The van der Waals surface area contributed by atoms with Crippen molar-refractivity contribution in [2.24, 2.45) is 0 Å². The average Bonchev–Trinajstić information content (AvgIpc) is 2.08. The standard InChI is InChI=1S/C9H17BrF3NO/c1-8(2)14(4-3-10)5-6-15-7-9(11,12)13/h8H,3-7H2,1-2H3. The highest BCUT2D eigenvalue weighted by Crippen LogP contribution is 2.14. The largest absolute Gasteiger partial charge is 0.411 e. The van der Waals surface area contributed by atoms with E-state index in [2.05, 4.69) is 25.6 Å². The van der Waals surface area contributed by atoms with Gasteiger partial charge in [0.25, 0.3) is 0 Å². The van der Waals surface area contributed by atoms with E-state index in [0.29, 0.717) is 12.6 Å². The molecule has 0 amide bonds. The Labute approximate surface area is 96.9 Å². The van der Waals surface area contributed by atoms with Crippen molar-refractivity contribution in [3.05, 3.63) is 0 Å². The minimum atomic E-state index is -4.22. The molecule has 0 atom stereocenters. The lowest BCUT2D eigenvalue weighted by molar-refractivity contribution is -0.174. The molecule has 15 heavy (non-hydrogen) atoms. The van der Waals surface area contributed by atoms with Crippen LogP contribution < -0.4 is 0 Å². The third-order valence-corrected chi connectivity index (χ3v) is 2.25. The fraction of sp³-hybridized carbons (Fsp3) is 1.00. The summed E-state index contributed by atoms with van der Waals surface area (Å²) in [4.78, 5) is 2.06. The fourth-order valence-corrected chi connectivity index (χ4v) is 1.56. The van der Waals surface area contributed by atoms with Crippen molar-refractivity contribution >= 4 is 15.9 Å². The normalized spacial score (nSPS) is 12.8. The minimum absolute atomic E-state index is 0.116. The average molecular weight is 292 g/mol. The van der Waals surface area contributed by atoms with Crippen molar-refractivity contribution in [1.82, 2.24) is 4.90 Å². The van der Waals surface area contributed by atoms with Gasteiger partial charge in [-0.15, -0.1) is 0 Å². The van der Waals surface area contributed by atoms with Crippen LogP contribution in [0.1, 0.15) is 13.8 Å². The van der Waals surface area contributed by atoms with E-state index in [-0.39, 0.29) is 6.61 Å². The maximum atomic E-state index is 11.7. The second kappa shape index (κ2) is 7.46. The van der Waals surface area contributed by atoms with E-state index in [1.807, 2.05) is 13.8 Å². The van der Waals surface area contributed by atoms with Crippen LogP contribution in [-0.2, 0) is 4.74 Å². The van der Waals surface area contributed by atoms with Crippen molar-refractivity contribution < 1.29 is 17.9 Å². The van der Waals surface area contributed by atoms with Crippen LogP contribution in [0.5, 0.6) is 0 Å². The molecule has 0 aromatic heterocycles. The Morgan fingerprint density at radius 3 is 2.27 bits per heavy atom. The molecule has 0 aliphatic heterocycles. The lowest BCUT2D eigenvalue weighted by Crippen LogP contribution is -2.36. The predicted molar refractivity (Wildman–Crippen MR) is 57.4 cm³/mol. The lowest BCUT2D eigenvalue weighted by atomic mass is 10.3. The molecule has 0 N–H and O–H groups in total. The van der Waals surface area contributed by atoms with Gasteiger partial charge in [-0.1, -0.05) is 15.9 Å². The van der Waals surface area contributed by atoms with Crippen molar-refractivity contribution in [2.75, 3.05) is 31.6 Å². The fourth-order valence-electron chi connectivity index (χ4n) is 1.11. The topological polar surface area (TPSA) is 12.5 Å². The first-order chi connectivity index (χ1) is 6.87. The van der Waals surface area contributed by atoms with Crippen molar-refractivity contribution in [2.45, 2.75) is 26.1 Å². The Bertz CT molecular complexity index is 164. The van der Waals surface area contributed by atoms with Gasteiger partial charge < -0.3 is 4.74 Å². The summed E-state index contributed by atoms with van der Waals surface area (Å²) in [5.74, 6) is 0. The molecule has 6 heteroatoms. The van der Waals surface area contributed by atoms with E-state index in [0.717, 1.165) is 11.9 Å². The van der Waals surface area contributed by atoms with Crippen LogP contribution in [0.25, 0.3) is 0 Å². The quantitative estimate of drug-likeness (QED) is 0.528. The maximum absolute atomic E-state index is 11.7. The van der Waals surface area contributed by atoms with Crippen LogP contribution in [0, 0.1) is 0 Å². The molecule has 0 saturated heterocycles.